The Balaban J connectivity index is 2.27. The third kappa shape index (κ3) is 4.30. The molecule has 0 aliphatic carbocycles. The standard InChI is InChI=1S/C17H17FN2O4/c18-12-5-6-13(15(21)7-12)10-1-3-11(4-2-10)14(8-17(23)24)20-16(22)9-19/h1-7,14,21H,8-9,19H2,(H,20,22)(H,23,24). The third-order valence-electron chi connectivity index (χ3n) is 3.48. The number of phenolic OH excluding ortho intramolecular Hbond substituents is 1. The molecule has 0 aliphatic heterocycles. The second-order valence-electron chi connectivity index (χ2n) is 5.21. The minimum atomic E-state index is -1.06. The van der Waals surface area contributed by atoms with Crippen LogP contribution in [0.4, 0.5) is 4.39 Å². The van der Waals surface area contributed by atoms with Crippen LogP contribution in [0.2, 0.25) is 0 Å². The summed E-state index contributed by atoms with van der Waals surface area (Å²) >= 11 is 0. The molecule has 1 atom stereocenters. The van der Waals surface area contributed by atoms with Gasteiger partial charge in [0.15, 0.2) is 0 Å². The van der Waals surface area contributed by atoms with E-state index in [1.54, 1.807) is 24.3 Å². The Morgan fingerprint density at radius 3 is 2.38 bits per heavy atom. The van der Waals surface area contributed by atoms with Crippen molar-refractivity contribution < 1.29 is 24.2 Å². The molecule has 0 radical (unpaired) electrons. The number of benzene rings is 2. The highest BCUT2D eigenvalue weighted by Gasteiger charge is 2.18. The van der Waals surface area contributed by atoms with Crippen molar-refractivity contribution in [3.05, 3.63) is 53.8 Å². The van der Waals surface area contributed by atoms with Crippen LogP contribution in [0.15, 0.2) is 42.5 Å². The summed E-state index contributed by atoms with van der Waals surface area (Å²) in [5.41, 5.74) is 6.91. The van der Waals surface area contributed by atoms with Crippen molar-refractivity contribution in [1.82, 2.24) is 5.32 Å². The Morgan fingerprint density at radius 1 is 1.17 bits per heavy atom. The van der Waals surface area contributed by atoms with Crippen molar-refractivity contribution in [1.29, 1.82) is 0 Å². The molecule has 2 aromatic carbocycles. The fourth-order valence-corrected chi connectivity index (χ4v) is 2.32. The van der Waals surface area contributed by atoms with E-state index in [2.05, 4.69) is 5.32 Å². The molecule has 0 spiro atoms. The van der Waals surface area contributed by atoms with Gasteiger partial charge in [0, 0.05) is 11.6 Å². The quantitative estimate of drug-likeness (QED) is 0.644. The molecule has 0 heterocycles. The van der Waals surface area contributed by atoms with Gasteiger partial charge in [-0.15, -0.1) is 0 Å². The SMILES string of the molecule is NCC(=O)NC(CC(=O)O)c1ccc(-c2ccc(F)cc2O)cc1. The molecule has 5 N–H and O–H groups in total. The zero-order valence-electron chi connectivity index (χ0n) is 12.7. The van der Waals surface area contributed by atoms with E-state index in [4.69, 9.17) is 10.8 Å². The van der Waals surface area contributed by atoms with E-state index < -0.39 is 23.7 Å². The molecule has 7 heteroatoms. The molecular formula is C17H17FN2O4. The molecule has 6 nitrogen and oxygen atoms in total. The molecule has 1 unspecified atom stereocenters. The fraction of sp³-hybridized carbons (Fsp3) is 0.176. The number of rotatable bonds is 6. The number of phenols is 1. The average Bonchev–Trinajstić information content (AvgIpc) is 2.54. The molecule has 2 aromatic rings. The first-order chi connectivity index (χ1) is 11.4. The number of aromatic hydroxyl groups is 1. The number of carboxylic acids is 1. The fourth-order valence-electron chi connectivity index (χ4n) is 2.32. The Kier molecular flexibility index (Phi) is 5.49. The van der Waals surface area contributed by atoms with E-state index >= 15 is 0 Å². The lowest BCUT2D eigenvalue weighted by Gasteiger charge is -2.17. The predicted molar refractivity (Wildman–Crippen MR) is 85.7 cm³/mol. The van der Waals surface area contributed by atoms with Crippen LogP contribution in [0.5, 0.6) is 5.75 Å². The highest BCUT2D eigenvalue weighted by molar-refractivity contribution is 5.79. The summed E-state index contributed by atoms with van der Waals surface area (Å²) in [6, 6.07) is 9.58. The van der Waals surface area contributed by atoms with Gasteiger partial charge in [-0.05, 0) is 23.3 Å². The second-order valence-corrected chi connectivity index (χ2v) is 5.21. The summed E-state index contributed by atoms with van der Waals surface area (Å²) in [6.07, 6.45) is -0.285. The first kappa shape index (κ1) is 17.4. The maximum absolute atomic E-state index is 13.0. The molecule has 0 bridgehead atoms. The van der Waals surface area contributed by atoms with Gasteiger partial charge >= 0.3 is 5.97 Å². The molecule has 0 aliphatic rings. The van der Waals surface area contributed by atoms with Gasteiger partial charge in [0.1, 0.15) is 11.6 Å². The van der Waals surface area contributed by atoms with Crippen molar-refractivity contribution in [3.63, 3.8) is 0 Å². The van der Waals surface area contributed by atoms with Gasteiger partial charge in [-0.2, -0.15) is 0 Å². The van der Waals surface area contributed by atoms with Crippen LogP contribution >= 0.6 is 0 Å². The van der Waals surface area contributed by atoms with Crippen LogP contribution in [-0.4, -0.2) is 28.6 Å². The van der Waals surface area contributed by atoms with E-state index in [0.29, 0.717) is 16.7 Å². The lowest BCUT2D eigenvalue weighted by molar-refractivity contribution is -0.137. The topological polar surface area (TPSA) is 113 Å². The average molecular weight is 332 g/mol. The Labute approximate surface area is 137 Å². The van der Waals surface area contributed by atoms with E-state index in [-0.39, 0.29) is 18.7 Å². The van der Waals surface area contributed by atoms with Gasteiger partial charge < -0.3 is 21.3 Å². The van der Waals surface area contributed by atoms with Gasteiger partial charge in [-0.3, -0.25) is 9.59 Å². The van der Waals surface area contributed by atoms with E-state index in [9.17, 15) is 19.1 Å². The monoisotopic (exact) mass is 332 g/mol. The lowest BCUT2D eigenvalue weighted by Crippen LogP contribution is -2.34. The van der Waals surface area contributed by atoms with Crippen molar-refractivity contribution >= 4 is 11.9 Å². The molecule has 0 aromatic heterocycles. The van der Waals surface area contributed by atoms with Gasteiger partial charge in [-0.1, -0.05) is 24.3 Å². The second kappa shape index (κ2) is 7.56. The number of carbonyl (C=O) groups is 2. The van der Waals surface area contributed by atoms with Crippen LogP contribution in [-0.2, 0) is 9.59 Å². The van der Waals surface area contributed by atoms with Crippen molar-refractivity contribution in [2.75, 3.05) is 6.54 Å². The zero-order valence-corrected chi connectivity index (χ0v) is 12.7. The van der Waals surface area contributed by atoms with Crippen LogP contribution in [0, 0.1) is 5.82 Å². The minimum absolute atomic E-state index is 0.193. The van der Waals surface area contributed by atoms with E-state index in [0.717, 1.165) is 6.07 Å². The number of amides is 1. The highest BCUT2D eigenvalue weighted by Crippen LogP contribution is 2.30. The normalized spacial score (nSPS) is 11.8. The first-order valence-corrected chi connectivity index (χ1v) is 7.20. The zero-order chi connectivity index (χ0) is 17.7. The number of nitrogens with two attached hydrogens (primary N) is 1. The Morgan fingerprint density at radius 2 is 1.83 bits per heavy atom. The van der Waals surface area contributed by atoms with Crippen LogP contribution in [0.3, 0.4) is 0 Å². The molecule has 0 saturated heterocycles. The highest BCUT2D eigenvalue weighted by atomic mass is 19.1. The van der Waals surface area contributed by atoms with Gasteiger partial charge in [0.05, 0.1) is 19.0 Å². The number of hydrogen-bond acceptors (Lipinski definition) is 4. The number of carboxylic acid groups (broad SMARTS) is 1. The summed E-state index contributed by atoms with van der Waals surface area (Å²) < 4.78 is 13.0. The van der Waals surface area contributed by atoms with Crippen LogP contribution in [0.1, 0.15) is 18.0 Å². The van der Waals surface area contributed by atoms with Gasteiger partial charge in [-0.25, -0.2) is 4.39 Å². The van der Waals surface area contributed by atoms with Crippen LogP contribution < -0.4 is 11.1 Å². The number of aliphatic carboxylic acids is 1. The molecule has 1 amide bonds. The Bertz CT molecular complexity index is 747. The number of halogens is 1. The Hall–Kier alpha value is -2.93. The number of carbonyl (C=O) groups excluding carboxylic acids is 1. The van der Waals surface area contributed by atoms with Crippen molar-refractivity contribution in [2.45, 2.75) is 12.5 Å². The molecule has 24 heavy (non-hydrogen) atoms. The maximum atomic E-state index is 13.0. The third-order valence-corrected chi connectivity index (χ3v) is 3.48. The van der Waals surface area contributed by atoms with Gasteiger partial charge in [0.25, 0.3) is 0 Å². The molecule has 0 saturated carbocycles. The first-order valence-electron chi connectivity index (χ1n) is 7.20. The van der Waals surface area contributed by atoms with E-state index in [1.165, 1.54) is 12.1 Å². The maximum Gasteiger partial charge on any atom is 0.305 e. The molecular weight excluding hydrogens is 315 g/mol. The van der Waals surface area contributed by atoms with Gasteiger partial charge in [0.2, 0.25) is 5.91 Å². The van der Waals surface area contributed by atoms with Crippen molar-refractivity contribution in [3.8, 4) is 16.9 Å². The largest absolute Gasteiger partial charge is 0.507 e. The molecule has 2 rings (SSSR count). The van der Waals surface area contributed by atoms with E-state index in [1.807, 2.05) is 0 Å². The summed E-state index contributed by atoms with van der Waals surface area (Å²) in [5, 5.41) is 21.3. The number of nitrogens with one attached hydrogen (secondary N) is 1. The summed E-state index contributed by atoms with van der Waals surface area (Å²) in [4.78, 5) is 22.4. The molecule has 0 fully saturated rings. The van der Waals surface area contributed by atoms with Crippen molar-refractivity contribution in [2.24, 2.45) is 5.73 Å². The smallest absolute Gasteiger partial charge is 0.305 e. The lowest BCUT2D eigenvalue weighted by atomic mass is 9.98. The van der Waals surface area contributed by atoms with Crippen LogP contribution in [0.25, 0.3) is 11.1 Å². The summed E-state index contributed by atoms with van der Waals surface area (Å²) in [5.74, 6) is -2.25. The summed E-state index contributed by atoms with van der Waals surface area (Å²) in [7, 11) is 0. The number of hydrogen-bond donors (Lipinski definition) is 4. The summed E-state index contributed by atoms with van der Waals surface area (Å²) in [6.45, 7) is -0.238. The predicted octanol–water partition coefficient (Wildman–Crippen LogP) is 1.79. The minimum Gasteiger partial charge on any atom is -0.507 e. The molecule has 126 valence electrons.